The number of hydrogen-bond acceptors (Lipinski definition) is 6. The highest BCUT2D eigenvalue weighted by Gasteiger charge is 2.38. The molecule has 0 aromatic heterocycles. The zero-order chi connectivity index (χ0) is 10.6. The van der Waals surface area contributed by atoms with E-state index in [-0.39, 0.29) is 0 Å². The molecule has 3 atom stereocenters. The lowest BCUT2D eigenvalue weighted by Crippen LogP contribution is -2.52. The Labute approximate surface area is 75.1 Å². The number of carbonyl (C=O) groups is 1. The predicted octanol–water partition coefficient (Wildman–Crippen LogP) is -2.99. The zero-order valence-electron chi connectivity index (χ0n) is 7.21. The molecule has 0 rings (SSSR count). The normalized spacial score (nSPS) is 20.5. The number of aliphatic hydroxyl groups is 5. The van der Waals surface area contributed by atoms with Gasteiger partial charge >= 0.3 is 0 Å². The molecule has 0 fully saturated rings. The van der Waals surface area contributed by atoms with E-state index in [2.05, 4.69) is 0 Å². The van der Waals surface area contributed by atoms with Crippen molar-refractivity contribution in [2.45, 2.75) is 24.7 Å². The van der Waals surface area contributed by atoms with E-state index in [1.54, 1.807) is 0 Å². The van der Waals surface area contributed by atoms with Crippen LogP contribution in [0.25, 0.3) is 0 Å². The van der Waals surface area contributed by atoms with Crippen LogP contribution in [0.5, 0.6) is 0 Å². The van der Waals surface area contributed by atoms with Crippen LogP contribution < -0.4 is 0 Å². The Kier molecular flexibility index (Phi) is 4.45. The van der Waals surface area contributed by atoms with Gasteiger partial charge in [0, 0.05) is 0 Å². The van der Waals surface area contributed by atoms with Crippen LogP contribution in [0.3, 0.4) is 0 Å². The van der Waals surface area contributed by atoms with E-state index < -0.39 is 36.8 Å². The van der Waals surface area contributed by atoms with E-state index in [1.165, 1.54) is 0 Å². The molecule has 0 unspecified atom stereocenters. The fourth-order valence-electron chi connectivity index (χ4n) is 0.703. The number of rotatable bonds is 5. The van der Waals surface area contributed by atoms with Crippen molar-refractivity contribution in [2.24, 2.45) is 0 Å². The van der Waals surface area contributed by atoms with Crippen LogP contribution in [-0.2, 0) is 4.79 Å². The molecule has 0 spiro atoms. The van der Waals surface area contributed by atoms with Crippen molar-refractivity contribution in [1.82, 2.24) is 0 Å². The average molecular weight is 194 g/mol. The largest absolute Gasteiger partial charge is 0.393 e. The maximum atomic E-state index is 10.7. The highest BCUT2D eigenvalue weighted by Crippen LogP contribution is 2.12. The standard InChI is InChI=1S/C7H14O6/c1-7(13,3-9)6(12)5(11)4(10)2-8/h5-6,8-9,11-13H,2-3H2,1H3/t5-,6-,7+/m0/s1. The van der Waals surface area contributed by atoms with Gasteiger partial charge in [-0.1, -0.05) is 0 Å². The van der Waals surface area contributed by atoms with Crippen molar-refractivity contribution in [2.75, 3.05) is 13.2 Å². The molecule has 0 aliphatic rings. The third kappa shape index (κ3) is 3.02. The van der Waals surface area contributed by atoms with Crippen LogP contribution in [0.4, 0.5) is 0 Å². The van der Waals surface area contributed by atoms with Crippen molar-refractivity contribution in [3.05, 3.63) is 0 Å². The predicted molar refractivity (Wildman–Crippen MR) is 41.8 cm³/mol. The first kappa shape index (κ1) is 12.5. The molecule has 0 aromatic carbocycles. The van der Waals surface area contributed by atoms with Crippen molar-refractivity contribution in [1.29, 1.82) is 0 Å². The summed E-state index contributed by atoms with van der Waals surface area (Å²) in [4.78, 5) is 10.7. The summed E-state index contributed by atoms with van der Waals surface area (Å²) in [6, 6.07) is 0. The fourth-order valence-corrected chi connectivity index (χ4v) is 0.703. The second kappa shape index (κ2) is 4.64. The molecule has 0 aliphatic carbocycles. The van der Waals surface area contributed by atoms with Gasteiger partial charge in [0.2, 0.25) is 0 Å². The smallest absolute Gasteiger partial charge is 0.189 e. The van der Waals surface area contributed by atoms with Crippen LogP contribution in [0.1, 0.15) is 6.92 Å². The van der Waals surface area contributed by atoms with E-state index in [0.717, 1.165) is 6.92 Å². The van der Waals surface area contributed by atoms with Crippen LogP contribution in [0, 0.1) is 0 Å². The van der Waals surface area contributed by atoms with Gasteiger partial charge in [0.15, 0.2) is 5.78 Å². The molecule has 5 N–H and O–H groups in total. The minimum atomic E-state index is -1.97. The van der Waals surface area contributed by atoms with E-state index in [9.17, 15) is 9.90 Å². The number of hydrogen-bond donors (Lipinski definition) is 5. The van der Waals surface area contributed by atoms with Crippen LogP contribution >= 0.6 is 0 Å². The second-order valence-electron chi connectivity index (χ2n) is 3.03. The van der Waals surface area contributed by atoms with Gasteiger partial charge < -0.3 is 25.5 Å². The molecule has 0 aromatic rings. The molecular weight excluding hydrogens is 180 g/mol. The quantitative estimate of drug-likeness (QED) is 0.318. The van der Waals surface area contributed by atoms with Crippen molar-refractivity contribution >= 4 is 5.78 Å². The lowest BCUT2D eigenvalue weighted by Gasteiger charge is -2.29. The van der Waals surface area contributed by atoms with Gasteiger partial charge in [-0.25, -0.2) is 0 Å². The molecule has 6 nitrogen and oxygen atoms in total. The van der Waals surface area contributed by atoms with Crippen LogP contribution in [0.15, 0.2) is 0 Å². The Morgan fingerprint density at radius 3 is 2.15 bits per heavy atom. The zero-order valence-corrected chi connectivity index (χ0v) is 7.21. The molecule has 0 saturated heterocycles. The molecule has 13 heavy (non-hydrogen) atoms. The minimum Gasteiger partial charge on any atom is -0.393 e. The number of Topliss-reactive ketones (excluding diaryl/α,β-unsaturated/α-hetero) is 1. The summed E-state index contributed by atoms with van der Waals surface area (Å²) in [6.45, 7) is -0.671. The van der Waals surface area contributed by atoms with Crippen molar-refractivity contribution in [3.63, 3.8) is 0 Å². The Hall–Kier alpha value is -0.530. The topological polar surface area (TPSA) is 118 Å². The minimum absolute atomic E-state index is 0.802. The maximum Gasteiger partial charge on any atom is 0.189 e. The first-order valence-electron chi connectivity index (χ1n) is 3.69. The van der Waals surface area contributed by atoms with E-state index in [1.807, 2.05) is 0 Å². The van der Waals surface area contributed by atoms with E-state index in [4.69, 9.17) is 20.4 Å². The van der Waals surface area contributed by atoms with E-state index in [0.29, 0.717) is 0 Å². The summed E-state index contributed by atoms with van der Waals surface area (Å²) in [7, 11) is 0. The lowest BCUT2D eigenvalue weighted by molar-refractivity contribution is -0.158. The highest BCUT2D eigenvalue weighted by molar-refractivity contribution is 5.84. The summed E-state index contributed by atoms with van der Waals surface area (Å²) < 4.78 is 0. The molecule has 0 heterocycles. The van der Waals surface area contributed by atoms with E-state index >= 15 is 0 Å². The summed E-state index contributed by atoms with van der Waals surface area (Å²) >= 11 is 0. The van der Waals surface area contributed by atoms with Gasteiger partial charge in [0.05, 0.1) is 6.61 Å². The van der Waals surface area contributed by atoms with Gasteiger partial charge in [0.25, 0.3) is 0 Å². The first-order valence-corrected chi connectivity index (χ1v) is 3.69. The summed E-state index contributed by atoms with van der Waals surface area (Å²) in [5.74, 6) is -1.01. The van der Waals surface area contributed by atoms with Gasteiger partial charge in [0.1, 0.15) is 24.4 Å². The molecule has 6 heteroatoms. The average Bonchev–Trinajstić information content (AvgIpc) is 2.14. The van der Waals surface area contributed by atoms with Crippen LogP contribution in [-0.4, -0.2) is 62.3 Å². The monoisotopic (exact) mass is 194 g/mol. The molecule has 0 radical (unpaired) electrons. The molecule has 0 aliphatic heterocycles. The van der Waals surface area contributed by atoms with Crippen molar-refractivity contribution in [3.8, 4) is 0 Å². The Morgan fingerprint density at radius 2 is 1.85 bits per heavy atom. The molecular formula is C7H14O6. The summed E-state index contributed by atoms with van der Waals surface area (Å²) in [5, 5.41) is 44.3. The third-order valence-electron chi connectivity index (χ3n) is 1.74. The lowest BCUT2D eigenvalue weighted by atomic mass is 9.94. The van der Waals surface area contributed by atoms with Crippen molar-refractivity contribution < 1.29 is 30.3 Å². The van der Waals surface area contributed by atoms with Gasteiger partial charge in [-0.2, -0.15) is 0 Å². The molecule has 0 saturated carbocycles. The number of ketones is 1. The Bertz CT molecular complexity index is 178. The van der Waals surface area contributed by atoms with Gasteiger partial charge in [-0.05, 0) is 6.92 Å². The van der Waals surface area contributed by atoms with Gasteiger partial charge in [-0.3, -0.25) is 4.79 Å². The Balaban J connectivity index is 4.41. The highest BCUT2D eigenvalue weighted by atomic mass is 16.4. The summed E-state index contributed by atoms with van der Waals surface area (Å²) in [5.41, 5.74) is -1.97. The van der Waals surface area contributed by atoms with Gasteiger partial charge in [-0.15, -0.1) is 0 Å². The molecule has 0 amide bonds. The fraction of sp³-hybridized carbons (Fsp3) is 0.857. The number of aliphatic hydroxyl groups excluding tert-OH is 4. The second-order valence-corrected chi connectivity index (χ2v) is 3.03. The number of carbonyl (C=O) groups excluding carboxylic acids is 1. The van der Waals surface area contributed by atoms with Crippen LogP contribution in [0.2, 0.25) is 0 Å². The molecule has 78 valence electrons. The summed E-state index contributed by atoms with van der Waals surface area (Å²) in [6.07, 6.45) is -3.72. The SMILES string of the molecule is C[C@@](O)(CO)[C@@H](O)[C@@H](O)C(=O)CO. The molecule has 0 bridgehead atoms. The Morgan fingerprint density at radius 1 is 1.38 bits per heavy atom. The third-order valence-corrected chi connectivity index (χ3v) is 1.74. The first-order chi connectivity index (χ1) is 5.86. The maximum absolute atomic E-state index is 10.7.